The van der Waals surface area contributed by atoms with Crippen LogP contribution in [0.15, 0.2) is 29.4 Å². The fourth-order valence-corrected chi connectivity index (χ4v) is 1.76. The highest BCUT2D eigenvalue weighted by Crippen LogP contribution is 2.21. The molecule has 1 unspecified atom stereocenters. The first kappa shape index (κ1) is 15.2. The summed E-state index contributed by atoms with van der Waals surface area (Å²) in [7, 11) is 0. The molecule has 1 rings (SSSR count). The summed E-state index contributed by atoms with van der Waals surface area (Å²) in [6.07, 6.45) is 1.70. The van der Waals surface area contributed by atoms with E-state index in [2.05, 4.69) is 5.16 Å². The van der Waals surface area contributed by atoms with E-state index in [0.717, 1.165) is 11.1 Å². The molecule has 0 heterocycles. The molecule has 1 N–H and O–H groups in total. The molecule has 0 saturated heterocycles. The van der Waals surface area contributed by atoms with Crippen molar-refractivity contribution in [3.63, 3.8) is 0 Å². The van der Waals surface area contributed by atoms with Crippen molar-refractivity contribution >= 4 is 12.2 Å². The van der Waals surface area contributed by atoms with Crippen molar-refractivity contribution < 1.29 is 14.7 Å². The molecule has 19 heavy (non-hydrogen) atoms. The Morgan fingerprint density at radius 1 is 1.47 bits per heavy atom. The largest absolute Gasteiger partial charge is 0.460 e. The smallest absolute Gasteiger partial charge is 0.306 e. The highest BCUT2D eigenvalue weighted by atomic mass is 16.6. The van der Waals surface area contributed by atoms with Gasteiger partial charge in [-0.15, -0.1) is 0 Å². The Labute approximate surface area is 114 Å². The zero-order chi connectivity index (χ0) is 14.5. The van der Waals surface area contributed by atoms with E-state index in [1.807, 2.05) is 52.0 Å². The second kappa shape index (κ2) is 6.36. The molecule has 0 radical (unpaired) electrons. The minimum Gasteiger partial charge on any atom is -0.460 e. The van der Waals surface area contributed by atoms with Crippen molar-refractivity contribution in [1.29, 1.82) is 0 Å². The SMILES string of the molecule is CC(CC(=O)OC(C)(C)C)c1cccc(/C=N/O)c1. The van der Waals surface area contributed by atoms with Gasteiger partial charge >= 0.3 is 5.97 Å². The fourth-order valence-electron chi connectivity index (χ4n) is 1.76. The van der Waals surface area contributed by atoms with Gasteiger partial charge in [-0.2, -0.15) is 0 Å². The molecule has 0 fully saturated rings. The predicted octanol–water partition coefficient (Wildman–Crippen LogP) is 3.33. The van der Waals surface area contributed by atoms with Crippen molar-refractivity contribution in [2.75, 3.05) is 0 Å². The van der Waals surface area contributed by atoms with E-state index in [1.54, 1.807) is 0 Å². The van der Waals surface area contributed by atoms with E-state index >= 15 is 0 Å². The fraction of sp³-hybridized carbons (Fsp3) is 0.467. The second-order valence-corrected chi connectivity index (χ2v) is 5.61. The van der Waals surface area contributed by atoms with Gasteiger partial charge in [-0.1, -0.05) is 30.3 Å². The van der Waals surface area contributed by atoms with Crippen LogP contribution < -0.4 is 0 Å². The Morgan fingerprint density at radius 2 is 2.16 bits per heavy atom. The highest BCUT2D eigenvalue weighted by Gasteiger charge is 2.19. The summed E-state index contributed by atoms with van der Waals surface area (Å²) < 4.78 is 5.30. The number of rotatable bonds is 4. The van der Waals surface area contributed by atoms with Gasteiger partial charge in [-0.3, -0.25) is 4.79 Å². The van der Waals surface area contributed by atoms with E-state index < -0.39 is 5.60 Å². The number of hydrogen-bond donors (Lipinski definition) is 1. The van der Waals surface area contributed by atoms with Crippen LogP contribution in [0.5, 0.6) is 0 Å². The molecule has 0 spiro atoms. The normalized spacial score (nSPS) is 13.5. The van der Waals surface area contributed by atoms with Crippen LogP contribution in [-0.2, 0) is 9.53 Å². The molecule has 104 valence electrons. The van der Waals surface area contributed by atoms with Gasteiger partial charge in [0.1, 0.15) is 5.60 Å². The van der Waals surface area contributed by atoms with Crippen LogP contribution in [-0.4, -0.2) is 23.0 Å². The first-order valence-corrected chi connectivity index (χ1v) is 6.31. The number of benzene rings is 1. The molecule has 1 aromatic rings. The average molecular weight is 263 g/mol. The minimum atomic E-state index is -0.456. The van der Waals surface area contributed by atoms with Gasteiger partial charge in [-0.05, 0) is 43.9 Å². The maximum atomic E-state index is 11.8. The van der Waals surface area contributed by atoms with Crippen LogP contribution in [0.25, 0.3) is 0 Å². The topological polar surface area (TPSA) is 58.9 Å². The second-order valence-electron chi connectivity index (χ2n) is 5.61. The Balaban J connectivity index is 2.70. The zero-order valence-electron chi connectivity index (χ0n) is 11.9. The van der Waals surface area contributed by atoms with Crippen LogP contribution in [0, 0.1) is 0 Å². The van der Waals surface area contributed by atoms with Crippen LogP contribution in [0.1, 0.15) is 51.2 Å². The standard InChI is InChI=1S/C15H21NO3/c1-11(8-14(17)19-15(2,3)4)13-7-5-6-12(9-13)10-16-18/h5-7,9-11,18H,8H2,1-4H3/b16-10+. The molecule has 0 aliphatic heterocycles. The van der Waals surface area contributed by atoms with Gasteiger partial charge in [0.05, 0.1) is 12.6 Å². The van der Waals surface area contributed by atoms with Crippen molar-refractivity contribution in [2.24, 2.45) is 5.16 Å². The first-order valence-electron chi connectivity index (χ1n) is 6.31. The minimum absolute atomic E-state index is 0.0573. The summed E-state index contributed by atoms with van der Waals surface area (Å²) in [5.74, 6) is -0.150. The van der Waals surface area contributed by atoms with E-state index in [0.29, 0.717) is 6.42 Å². The third-order valence-electron chi connectivity index (χ3n) is 2.58. The number of esters is 1. The zero-order valence-corrected chi connectivity index (χ0v) is 11.9. The van der Waals surface area contributed by atoms with Crippen molar-refractivity contribution in [3.8, 4) is 0 Å². The maximum Gasteiger partial charge on any atom is 0.306 e. The van der Waals surface area contributed by atoms with Crippen LogP contribution in [0.2, 0.25) is 0 Å². The Kier molecular flexibility index (Phi) is 5.10. The Bertz CT molecular complexity index is 461. The van der Waals surface area contributed by atoms with Gasteiger partial charge in [0.25, 0.3) is 0 Å². The lowest BCUT2D eigenvalue weighted by molar-refractivity contribution is -0.155. The number of oxime groups is 1. The van der Waals surface area contributed by atoms with E-state index in [4.69, 9.17) is 9.94 Å². The number of ether oxygens (including phenoxy) is 1. The predicted molar refractivity (Wildman–Crippen MR) is 74.7 cm³/mol. The Morgan fingerprint density at radius 3 is 2.74 bits per heavy atom. The summed E-state index contributed by atoms with van der Waals surface area (Å²) in [5, 5.41) is 11.5. The monoisotopic (exact) mass is 263 g/mol. The van der Waals surface area contributed by atoms with Gasteiger partial charge in [0.2, 0.25) is 0 Å². The molecule has 0 saturated carbocycles. The molecule has 4 heteroatoms. The van der Waals surface area contributed by atoms with Crippen molar-refractivity contribution in [2.45, 2.75) is 45.6 Å². The number of carbonyl (C=O) groups excluding carboxylic acids is 1. The summed E-state index contributed by atoms with van der Waals surface area (Å²) in [6, 6.07) is 7.56. The van der Waals surface area contributed by atoms with Crippen molar-refractivity contribution in [1.82, 2.24) is 0 Å². The quantitative estimate of drug-likeness (QED) is 0.392. The van der Waals surface area contributed by atoms with Crippen molar-refractivity contribution in [3.05, 3.63) is 35.4 Å². The van der Waals surface area contributed by atoms with E-state index in [1.165, 1.54) is 6.21 Å². The molecule has 1 atom stereocenters. The number of nitrogens with zero attached hydrogens (tertiary/aromatic N) is 1. The molecule has 4 nitrogen and oxygen atoms in total. The van der Waals surface area contributed by atoms with Gasteiger partial charge in [0.15, 0.2) is 0 Å². The van der Waals surface area contributed by atoms with Gasteiger partial charge in [0, 0.05) is 0 Å². The lowest BCUT2D eigenvalue weighted by atomic mass is 9.96. The Hall–Kier alpha value is -1.84. The van der Waals surface area contributed by atoms with Crippen LogP contribution >= 0.6 is 0 Å². The summed E-state index contributed by atoms with van der Waals surface area (Å²) >= 11 is 0. The average Bonchev–Trinajstić information content (AvgIpc) is 2.27. The molecular formula is C15H21NO3. The summed E-state index contributed by atoms with van der Waals surface area (Å²) in [4.78, 5) is 11.8. The summed E-state index contributed by atoms with van der Waals surface area (Å²) in [5.41, 5.74) is 1.36. The highest BCUT2D eigenvalue weighted by molar-refractivity contribution is 5.79. The molecule has 0 bridgehead atoms. The van der Waals surface area contributed by atoms with E-state index in [9.17, 15) is 4.79 Å². The third kappa shape index (κ3) is 5.55. The van der Waals surface area contributed by atoms with Gasteiger partial charge in [-0.25, -0.2) is 0 Å². The lowest BCUT2D eigenvalue weighted by Gasteiger charge is -2.21. The lowest BCUT2D eigenvalue weighted by Crippen LogP contribution is -2.24. The van der Waals surface area contributed by atoms with Crippen LogP contribution in [0.4, 0.5) is 0 Å². The van der Waals surface area contributed by atoms with Gasteiger partial charge < -0.3 is 9.94 Å². The third-order valence-corrected chi connectivity index (χ3v) is 2.58. The number of hydrogen-bond acceptors (Lipinski definition) is 4. The molecular weight excluding hydrogens is 242 g/mol. The van der Waals surface area contributed by atoms with E-state index in [-0.39, 0.29) is 11.9 Å². The molecule has 0 amide bonds. The molecule has 1 aromatic carbocycles. The van der Waals surface area contributed by atoms with Crippen LogP contribution in [0.3, 0.4) is 0 Å². The molecule has 0 aliphatic carbocycles. The molecule has 0 aliphatic rings. The maximum absolute atomic E-state index is 11.8. The summed E-state index contributed by atoms with van der Waals surface area (Å²) in [6.45, 7) is 7.54. The molecule has 0 aromatic heterocycles. The number of carbonyl (C=O) groups is 1. The first-order chi connectivity index (χ1) is 8.81.